The molecular weight excluding hydrogens is 330 g/mol. The first-order valence-electron chi connectivity index (χ1n) is 8.57. The molecule has 0 aliphatic carbocycles. The fourth-order valence-corrected chi connectivity index (χ4v) is 4.10. The molecular formula is C20H21N3OS. The Balaban J connectivity index is 1.64. The van der Waals surface area contributed by atoms with Crippen LogP contribution in [0.5, 0.6) is 0 Å². The van der Waals surface area contributed by atoms with Gasteiger partial charge < -0.3 is 9.80 Å². The smallest absolute Gasteiger partial charge is 0.219 e. The Morgan fingerprint density at radius 3 is 2.60 bits per heavy atom. The number of amides is 1. The number of thiophene rings is 1. The zero-order chi connectivity index (χ0) is 17.4. The molecule has 0 radical (unpaired) electrons. The molecule has 5 heteroatoms. The van der Waals surface area contributed by atoms with Crippen LogP contribution in [0, 0.1) is 6.92 Å². The number of pyridine rings is 1. The molecule has 25 heavy (non-hydrogen) atoms. The first-order valence-corrected chi connectivity index (χ1v) is 9.45. The van der Waals surface area contributed by atoms with E-state index in [0.29, 0.717) is 0 Å². The normalized spacial score (nSPS) is 15.0. The Morgan fingerprint density at radius 2 is 1.92 bits per heavy atom. The predicted molar refractivity (Wildman–Crippen MR) is 104 cm³/mol. The van der Waals surface area contributed by atoms with E-state index in [2.05, 4.69) is 53.6 Å². The van der Waals surface area contributed by atoms with Gasteiger partial charge in [0.15, 0.2) is 0 Å². The molecule has 1 aromatic carbocycles. The van der Waals surface area contributed by atoms with E-state index in [-0.39, 0.29) is 5.91 Å². The van der Waals surface area contributed by atoms with Gasteiger partial charge in [0.05, 0.1) is 16.1 Å². The van der Waals surface area contributed by atoms with Crippen LogP contribution in [0.4, 0.5) is 5.69 Å². The number of rotatable bonds is 2. The highest BCUT2D eigenvalue weighted by Gasteiger charge is 2.19. The summed E-state index contributed by atoms with van der Waals surface area (Å²) in [6.45, 7) is 7.14. The summed E-state index contributed by atoms with van der Waals surface area (Å²) < 4.78 is 0. The molecule has 1 saturated heterocycles. The highest BCUT2D eigenvalue weighted by Crippen LogP contribution is 2.30. The third-order valence-electron chi connectivity index (χ3n) is 4.86. The van der Waals surface area contributed by atoms with E-state index in [4.69, 9.17) is 4.98 Å². The number of hydrogen-bond acceptors (Lipinski definition) is 4. The number of aryl methyl sites for hydroxylation is 1. The zero-order valence-electron chi connectivity index (χ0n) is 14.5. The Labute approximate surface area is 151 Å². The maximum Gasteiger partial charge on any atom is 0.219 e. The Kier molecular flexibility index (Phi) is 4.17. The first-order chi connectivity index (χ1) is 12.1. The summed E-state index contributed by atoms with van der Waals surface area (Å²) in [5.41, 5.74) is 4.54. The van der Waals surface area contributed by atoms with Gasteiger partial charge in [0.25, 0.3) is 0 Å². The summed E-state index contributed by atoms with van der Waals surface area (Å²) in [5, 5.41) is 3.28. The van der Waals surface area contributed by atoms with Crippen LogP contribution in [-0.4, -0.2) is 42.0 Å². The van der Waals surface area contributed by atoms with Crippen molar-refractivity contribution in [2.24, 2.45) is 0 Å². The number of carbonyl (C=O) groups excluding carboxylic acids is 1. The van der Waals surface area contributed by atoms with Gasteiger partial charge >= 0.3 is 0 Å². The summed E-state index contributed by atoms with van der Waals surface area (Å²) in [4.78, 5) is 21.8. The number of anilines is 1. The SMILES string of the molecule is CC(=O)N1CCN(c2ccc3nc(-c4cccs4)cc(C)c3c2)CC1. The first kappa shape index (κ1) is 16.1. The molecule has 0 atom stereocenters. The molecule has 3 aromatic rings. The molecule has 0 N–H and O–H groups in total. The molecule has 1 amide bonds. The van der Waals surface area contributed by atoms with E-state index >= 15 is 0 Å². The molecule has 2 aromatic heterocycles. The van der Waals surface area contributed by atoms with Crippen molar-refractivity contribution in [2.45, 2.75) is 13.8 Å². The molecule has 0 unspecified atom stereocenters. The van der Waals surface area contributed by atoms with Crippen LogP contribution < -0.4 is 4.90 Å². The second-order valence-electron chi connectivity index (χ2n) is 6.50. The minimum atomic E-state index is 0.166. The maximum absolute atomic E-state index is 11.5. The van der Waals surface area contributed by atoms with Crippen molar-refractivity contribution < 1.29 is 4.79 Å². The van der Waals surface area contributed by atoms with Crippen LogP contribution in [0.1, 0.15) is 12.5 Å². The van der Waals surface area contributed by atoms with Crippen LogP contribution in [0.3, 0.4) is 0 Å². The number of benzene rings is 1. The third kappa shape index (κ3) is 3.12. The van der Waals surface area contributed by atoms with Gasteiger partial charge in [0, 0.05) is 44.2 Å². The topological polar surface area (TPSA) is 36.4 Å². The molecule has 0 saturated carbocycles. The molecule has 0 bridgehead atoms. The van der Waals surface area contributed by atoms with Crippen molar-refractivity contribution in [3.05, 3.63) is 47.3 Å². The molecule has 4 rings (SSSR count). The van der Waals surface area contributed by atoms with Crippen LogP contribution in [0.2, 0.25) is 0 Å². The quantitative estimate of drug-likeness (QED) is 0.702. The number of piperazine rings is 1. The molecule has 128 valence electrons. The van der Waals surface area contributed by atoms with Gasteiger partial charge in [0.2, 0.25) is 5.91 Å². The van der Waals surface area contributed by atoms with Gasteiger partial charge in [-0.2, -0.15) is 0 Å². The van der Waals surface area contributed by atoms with Gasteiger partial charge in [-0.25, -0.2) is 4.98 Å². The standard InChI is InChI=1S/C20H21N3OS/c1-14-12-19(20-4-3-11-25-20)21-18-6-5-16(13-17(14)18)23-9-7-22(8-10-23)15(2)24/h3-6,11-13H,7-10H2,1-2H3. The van der Waals surface area contributed by atoms with Crippen LogP contribution in [0.15, 0.2) is 41.8 Å². The van der Waals surface area contributed by atoms with Crippen LogP contribution in [0.25, 0.3) is 21.5 Å². The lowest BCUT2D eigenvalue weighted by atomic mass is 10.1. The van der Waals surface area contributed by atoms with E-state index in [0.717, 1.165) is 37.4 Å². The second-order valence-corrected chi connectivity index (χ2v) is 7.44. The summed E-state index contributed by atoms with van der Waals surface area (Å²) in [6, 6.07) is 12.8. The molecule has 3 heterocycles. The lowest BCUT2D eigenvalue weighted by Gasteiger charge is -2.35. The highest BCUT2D eigenvalue weighted by molar-refractivity contribution is 7.13. The average Bonchev–Trinajstić information content (AvgIpc) is 3.16. The molecule has 1 aliphatic heterocycles. The largest absolute Gasteiger partial charge is 0.368 e. The van der Waals surface area contributed by atoms with E-state index < -0.39 is 0 Å². The Bertz CT molecular complexity index is 912. The molecule has 0 spiro atoms. The Hall–Kier alpha value is -2.40. The van der Waals surface area contributed by atoms with Gasteiger partial charge in [-0.3, -0.25) is 4.79 Å². The number of hydrogen-bond donors (Lipinski definition) is 0. The van der Waals surface area contributed by atoms with E-state index in [1.165, 1.54) is 21.5 Å². The van der Waals surface area contributed by atoms with Gasteiger partial charge in [-0.1, -0.05) is 6.07 Å². The van der Waals surface area contributed by atoms with E-state index in [1.54, 1.807) is 18.3 Å². The van der Waals surface area contributed by atoms with E-state index in [1.807, 2.05) is 4.90 Å². The zero-order valence-corrected chi connectivity index (χ0v) is 15.3. The summed E-state index contributed by atoms with van der Waals surface area (Å²) in [5.74, 6) is 0.166. The predicted octanol–water partition coefficient (Wildman–Crippen LogP) is 3.94. The minimum absolute atomic E-state index is 0.166. The number of aromatic nitrogens is 1. The lowest BCUT2D eigenvalue weighted by molar-refractivity contribution is -0.129. The minimum Gasteiger partial charge on any atom is -0.368 e. The van der Waals surface area contributed by atoms with Crippen molar-refractivity contribution in [2.75, 3.05) is 31.1 Å². The van der Waals surface area contributed by atoms with Gasteiger partial charge in [0.1, 0.15) is 0 Å². The van der Waals surface area contributed by atoms with Gasteiger partial charge in [-0.05, 0) is 48.2 Å². The summed E-state index contributed by atoms with van der Waals surface area (Å²) >= 11 is 1.72. The third-order valence-corrected chi connectivity index (χ3v) is 5.76. The second kappa shape index (κ2) is 6.48. The van der Waals surface area contributed by atoms with Gasteiger partial charge in [-0.15, -0.1) is 11.3 Å². The van der Waals surface area contributed by atoms with Crippen molar-refractivity contribution in [3.8, 4) is 10.6 Å². The monoisotopic (exact) mass is 351 g/mol. The number of fused-ring (bicyclic) bond motifs is 1. The van der Waals surface area contributed by atoms with Crippen LogP contribution >= 0.6 is 11.3 Å². The fourth-order valence-electron chi connectivity index (χ4n) is 3.41. The molecule has 1 aliphatic rings. The molecule has 1 fully saturated rings. The summed E-state index contributed by atoms with van der Waals surface area (Å²) in [7, 11) is 0. The number of carbonyl (C=O) groups is 1. The Morgan fingerprint density at radius 1 is 1.12 bits per heavy atom. The molecule has 4 nitrogen and oxygen atoms in total. The van der Waals surface area contributed by atoms with Crippen LogP contribution in [-0.2, 0) is 4.79 Å². The maximum atomic E-state index is 11.5. The van der Waals surface area contributed by atoms with Crippen molar-refractivity contribution in [1.82, 2.24) is 9.88 Å². The van der Waals surface area contributed by atoms with Crippen molar-refractivity contribution >= 4 is 33.8 Å². The average molecular weight is 351 g/mol. The highest BCUT2D eigenvalue weighted by atomic mass is 32.1. The lowest BCUT2D eigenvalue weighted by Crippen LogP contribution is -2.48. The fraction of sp³-hybridized carbons (Fsp3) is 0.300. The van der Waals surface area contributed by atoms with Crippen molar-refractivity contribution in [1.29, 1.82) is 0 Å². The number of nitrogens with zero attached hydrogens (tertiary/aromatic N) is 3. The van der Waals surface area contributed by atoms with Crippen molar-refractivity contribution in [3.63, 3.8) is 0 Å². The van der Waals surface area contributed by atoms with E-state index in [9.17, 15) is 4.79 Å². The summed E-state index contributed by atoms with van der Waals surface area (Å²) in [6.07, 6.45) is 0.